The van der Waals surface area contributed by atoms with E-state index in [9.17, 15) is 18.4 Å². The molecule has 1 aromatic carbocycles. The quantitative estimate of drug-likeness (QED) is 0.736. The molecule has 0 bridgehead atoms. The molecule has 2 saturated heterocycles. The van der Waals surface area contributed by atoms with Gasteiger partial charge in [-0.2, -0.15) is 0 Å². The molecule has 3 aliphatic rings. The zero-order valence-electron chi connectivity index (χ0n) is 17.6. The van der Waals surface area contributed by atoms with Crippen molar-refractivity contribution in [2.45, 2.75) is 44.4 Å². The largest absolute Gasteiger partial charge is 0.353 e. The molecule has 8 heteroatoms. The molecule has 1 spiro atoms. The number of hydrogen-bond donors (Lipinski definition) is 0. The van der Waals surface area contributed by atoms with Crippen molar-refractivity contribution in [1.82, 2.24) is 14.7 Å². The molecule has 164 valence electrons. The van der Waals surface area contributed by atoms with E-state index in [1.54, 1.807) is 4.90 Å². The van der Waals surface area contributed by atoms with Gasteiger partial charge in [0.15, 0.2) is 0 Å². The van der Waals surface area contributed by atoms with Gasteiger partial charge in [0.25, 0.3) is 5.91 Å². The summed E-state index contributed by atoms with van der Waals surface area (Å²) in [4.78, 5) is 32.3. The molecule has 6 nitrogen and oxygen atoms in total. The lowest BCUT2D eigenvalue weighted by Gasteiger charge is -2.44. The van der Waals surface area contributed by atoms with E-state index in [4.69, 9.17) is 4.74 Å². The minimum atomic E-state index is -0.890. The van der Waals surface area contributed by atoms with Crippen LogP contribution in [0.15, 0.2) is 18.2 Å². The summed E-state index contributed by atoms with van der Waals surface area (Å²) in [6.07, 6.45) is 2.97. The Kier molecular flexibility index (Phi) is 5.81. The molecular weight excluding hydrogens is 392 g/mol. The zero-order chi connectivity index (χ0) is 21.5. The minimum Gasteiger partial charge on any atom is -0.353 e. The summed E-state index contributed by atoms with van der Waals surface area (Å²) in [6.45, 7) is 4.99. The normalized spacial score (nSPS) is 30.1. The first-order chi connectivity index (χ1) is 14.3. The maximum absolute atomic E-state index is 13.8. The lowest BCUT2D eigenvalue weighted by Crippen LogP contribution is -2.59. The zero-order valence-corrected chi connectivity index (χ0v) is 17.6. The van der Waals surface area contributed by atoms with Crippen molar-refractivity contribution in [3.05, 3.63) is 35.4 Å². The molecule has 2 amide bonds. The van der Waals surface area contributed by atoms with E-state index in [0.29, 0.717) is 31.8 Å². The lowest BCUT2D eigenvalue weighted by atomic mass is 9.83. The van der Waals surface area contributed by atoms with Gasteiger partial charge >= 0.3 is 0 Å². The van der Waals surface area contributed by atoms with Gasteiger partial charge in [-0.3, -0.25) is 14.5 Å². The third-order valence-corrected chi connectivity index (χ3v) is 6.74. The topological polar surface area (TPSA) is 53.1 Å². The Balaban J connectivity index is 1.65. The van der Waals surface area contributed by atoms with Crippen LogP contribution in [0.25, 0.3) is 0 Å². The van der Waals surface area contributed by atoms with E-state index in [1.807, 2.05) is 7.05 Å². The molecule has 2 heterocycles. The standard InChI is InChI=1S/C22H29F2N3O3/c1-15-3-5-22(6-4-15)27(20(28)16-11-17(23)13-18(24)12-16)19(14-30-22)21(29)26-9-7-25(2)8-10-26/h11-13,15,19H,3-10,14H2,1-2H3/t15?,19-,22?/m1/s1. The maximum atomic E-state index is 13.8. The van der Waals surface area contributed by atoms with E-state index < -0.39 is 29.3 Å². The predicted molar refractivity (Wildman–Crippen MR) is 107 cm³/mol. The third kappa shape index (κ3) is 3.95. The molecule has 0 aromatic heterocycles. The van der Waals surface area contributed by atoms with E-state index >= 15 is 0 Å². The Morgan fingerprint density at radius 2 is 1.63 bits per heavy atom. The number of carbonyl (C=O) groups excluding carboxylic acids is 2. The number of benzene rings is 1. The molecule has 1 saturated carbocycles. The first-order valence-corrected chi connectivity index (χ1v) is 10.7. The Labute approximate surface area is 175 Å². The highest BCUT2D eigenvalue weighted by Crippen LogP contribution is 2.43. The Morgan fingerprint density at radius 1 is 1.03 bits per heavy atom. The highest BCUT2D eigenvalue weighted by Gasteiger charge is 2.54. The van der Waals surface area contributed by atoms with Gasteiger partial charge in [-0.25, -0.2) is 8.78 Å². The Morgan fingerprint density at radius 3 is 2.23 bits per heavy atom. The van der Waals surface area contributed by atoms with Crippen LogP contribution in [0.2, 0.25) is 0 Å². The van der Waals surface area contributed by atoms with Crippen LogP contribution in [-0.2, 0) is 9.53 Å². The predicted octanol–water partition coefficient (Wildman–Crippen LogP) is 2.49. The Bertz CT molecular complexity index is 798. The number of amides is 2. The summed E-state index contributed by atoms with van der Waals surface area (Å²) in [7, 11) is 2.01. The van der Waals surface area contributed by atoms with Gasteiger partial charge in [-0.15, -0.1) is 0 Å². The van der Waals surface area contributed by atoms with E-state index in [-0.39, 0.29) is 18.1 Å². The molecule has 4 rings (SSSR count). The molecule has 2 aliphatic heterocycles. The van der Waals surface area contributed by atoms with Crippen molar-refractivity contribution in [1.29, 1.82) is 0 Å². The SMILES string of the molecule is CC1CCC2(CC1)OC[C@H](C(=O)N1CCN(C)CC1)N2C(=O)c1cc(F)cc(F)c1. The highest BCUT2D eigenvalue weighted by molar-refractivity contribution is 5.98. The minimum absolute atomic E-state index is 0.0906. The monoisotopic (exact) mass is 421 g/mol. The number of ether oxygens (including phenoxy) is 1. The third-order valence-electron chi connectivity index (χ3n) is 6.74. The van der Waals surface area contributed by atoms with Gasteiger partial charge in [0.1, 0.15) is 23.4 Å². The lowest BCUT2D eigenvalue weighted by molar-refractivity contribution is -0.139. The summed E-state index contributed by atoms with van der Waals surface area (Å²) < 4.78 is 33.8. The van der Waals surface area contributed by atoms with Crippen LogP contribution in [0.5, 0.6) is 0 Å². The van der Waals surface area contributed by atoms with Gasteiger partial charge in [-0.05, 0) is 50.8 Å². The number of likely N-dealkylation sites (N-methyl/N-ethyl adjacent to an activating group) is 1. The summed E-state index contributed by atoms with van der Waals surface area (Å²) >= 11 is 0. The molecule has 0 N–H and O–H groups in total. The molecule has 0 unspecified atom stereocenters. The molecule has 1 atom stereocenters. The van der Waals surface area contributed by atoms with Gasteiger partial charge in [0.05, 0.1) is 6.61 Å². The first-order valence-electron chi connectivity index (χ1n) is 10.7. The average molecular weight is 421 g/mol. The molecule has 0 radical (unpaired) electrons. The Hall–Kier alpha value is -2.06. The fourth-order valence-corrected chi connectivity index (χ4v) is 4.82. The second-order valence-electron chi connectivity index (χ2n) is 8.92. The van der Waals surface area contributed by atoms with Crippen LogP contribution < -0.4 is 0 Å². The number of nitrogens with zero attached hydrogens (tertiary/aromatic N) is 3. The highest BCUT2D eigenvalue weighted by atomic mass is 19.1. The van der Waals surface area contributed by atoms with Gasteiger partial charge in [-0.1, -0.05) is 6.92 Å². The summed E-state index contributed by atoms with van der Waals surface area (Å²) in [5, 5.41) is 0. The molecular formula is C22H29F2N3O3. The number of carbonyl (C=O) groups is 2. The van der Waals surface area contributed by atoms with Gasteiger partial charge in [0, 0.05) is 37.8 Å². The van der Waals surface area contributed by atoms with Crippen LogP contribution in [-0.4, -0.2) is 78.1 Å². The number of halogens is 2. The van der Waals surface area contributed by atoms with Crippen LogP contribution in [0.3, 0.4) is 0 Å². The van der Waals surface area contributed by atoms with Gasteiger partial charge < -0.3 is 14.5 Å². The molecule has 1 aliphatic carbocycles. The number of hydrogen-bond acceptors (Lipinski definition) is 4. The molecule has 30 heavy (non-hydrogen) atoms. The van der Waals surface area contributed by atoms with Crippen LogP contribution in [0, 0.1) is 17.6 Å². The van der Waals surface area contributed by atoms with Crippen molar-refractivity contribution in [3.63, 3.8) is 0 Å². The fourth-order valence-electron chi connectivity index (χ4n) is 4.82. The van der Waals surface area contributed by atoms with E-state index in [1.165, 1.54) is 4.90 Å². The number of piperazine rings is 1. The smallest absolute Gasteiger partial charge is 0.257 e. The average Bonchev–Trinajstić information content (AvgIpc) is 3.08. The summed E-state index contributed by atoms with van der Waals surface area (Å²) in [6, 6.07) is 2.02. The number of rotatable bonds is 2. The van der Waals surface area contributed by atoms with Crippen molar-refractivity contribution < 1.29 is 23.1 Å². The van der Waals surface area contributed by atoms with Crippen molar-refractivity contribution in [2.75, 3.05) is 39.8 Å². The molecule has 1 aromatic rings. The van der Waals surface area contributed by atoms with Crippen LogP contribution >= 0.6 is 0 Å². The summed E-state index contributed by atoms with van der Waals surface area (Å²) in [5.41, 5.74) is -0.980. The van der Waals surface area contributed by atoms with Crippen LogP contribution in [0.4, 0.5) is 8.78 Å². The van der Waals surface area contributed by atoms with Crippen molar-refractivity contribution in [2.24, 2.45) is 5.92 Å². The second-order valence-corrected chi connectivity index (χ2v) is 8.92. The van der Waals surface area contributed by atoms with E-state index in [2.05, 4.69) is 11.8 Å². The maximum Gasteiger partial charge on any atom is 0.257 e. The van der Waals surface area contributed by atoms with Crippen molar-refractivity contribution in [3.8, 4) is 0 Å². The van der Waals surface area contributed by atoms with E-state index in [0.717, 1.165) is 44.1 Å². The van der Waals surface area contributed by atoms with Gasteiger partial charge in [0.2, 0.25) is 5.91 Å². The fraction of sp³-hybridized carbons (Fsp3) is 0.636. The molecule has 3 fully saturated rings. The second kappa shape index (κ2) is 8.23. The van der Waals surface area contributed by atoms with Crippen LogP contribution in [0.1, 0.15) is 43.0 Å². The summed E-state index contributed by atoms with van der Waals surface area (Å²) in [5.74, 6) is -1.81. The first kappa shape index (κ1) is 21.2. The van der Waals surface area contributed by atoms with Crippen molar-refractivity contribution >= 4 is 11.8 Å².